The Hall–Kier alpha value is -3.66. The third kappa shape index (κ3) is 5.13. The molecule has 0 radical (unpaired) electrons. The van der Waals surface area contributed by atoms with Gasteiger partial charge in [-0.25, -0.2) is 0 Å². The summed E-state index contributed by atoms with van der Waals surface area (Å²) in [4.78, 5) is 41.0. The summed E-state index contributed by atoms with van der Waals surface area (Å²) in [5, 5.41) is 3.14. The van der Waals surface area contributed by atoms with Gasteiger partial charge in [0.25, 0.3) is 17.7 Å². The van der Waals surface area contributed by atoms with E-state index in [9.17, 15) is 14.4 Å². The van der Waals surface area contributed by atoms with Crippen LogP contribution in [0, 0.1) is 20.8 Å². The predicted octanol–water partition coefficient (Wildman–Crippen LogP) is 4.18. The number of furan rings is 1. The number of nitrogens with zero attached hydrogens (tertiary/aromatic N) is 2. The average molecular weight is 510 g/mol. The number of hydrogen-bond donors (Lipinski definition) is 3. The van der Waals surface area contributed by atoms with Gasteiger partial charge >= 0.3 is 0 Å². The number of nitrogen functional groups attached to an aromatic ring is 1. The molecule has 0 spiro atoms. The summed E-state index contributed by atoms with van der Waals surface area (Å²) in [6.07, 6.45) is 5.01. The van der Waals surface area contributed by atoms with Gasteiger partial charge in [0.15, 0.2) is 11.7 Å². The molecule has 1 atom stereocenters. The second-order valence-electron chi connectivity index (χ2n) is 9.28. The minimum atomic E-state index is -1.10. The summed E-state index contributed by atoms with van der Waals surface area (Å²) in [6.45, 7) is 5.68. The van der Waals surface area contributed by atoms with Gasteiger partial charge in [0.05, 0.1) is 5.69 Å². The zero-order valence-corrected chi connectivity index (χ0v) is 21.5. The van der Waals surface area contributed by atoms with E-state index in [1.807, 2.05) is 26.0 Å². The molecule has 10 heteroatoms. The Kier molecular flexibility index (Phi) is 7.44. The highest BCUT2D eigenvalue weighted by Crippen LogP contribution is 2.35. The average Bonchev–Trinajstić information content (AvgIpc) is 3.44. The van der Waals surface area contributed by atoms with Crippen molar-refractivity contribution in [2.45, 2.75) is 65.0 Å². The number of primary amides is 1. The minimum absolute atomic E-state index is 0.0245. The number of carbonyl (C=O) groups is 3. The van der Waals surface area contributed by atoms with Gasteiger partial charge in [-0.05, 0) is 80.5 Å². The van der Waals surface area contributed by atoms with Crippen LogP contribution in [0.2, 0.25) is 0 Å². The molecule has 5 N–H and O–H groups in total. The lowest BCUT2D eigenvalue weighted by Gasteiger charge is -2.32. The molecule has 1 aliphatic carbocycles. The first-order chi connectivity index (χ1) is 17.2. The van der Waals surface area contributed by atoms with Gasteiger partial charge in [-0.3, -0.25) is 19.3 Å². The second-order valence-corrected chi connectivity index (χ2v) is 10.0. The summed E-state index contributed by atoms with van der Waals surface area (Å²) in [5.41, 5.74) is 13.7. The zero-order valence-electron chi connectivity index (χ0n) is 20.7. The number of aromatic nitrogens is 1. The number of hydrogen-bond acceptors (Lipinski definition) is 7. The van der Waals surface area contributed by atoms with Crippen LogP contribution in [0.1, 0.15) is 81.0 Å². The fraction of sp³-hybridized carbons (Fsp3) is 0.385. The molecule has 190 valence electrons. The fourth-order valence-electron chi connectivity index (χ4n) is 4.50. The smallest absolute Gasteiger partial charge is 0.273 e. The Balaban J connectivity index is 1.84. The molecule has 1 saturated carbocycles. The third-order valence-electron chi connectivity index (χ3n) is 6.63. The van der Waals surface area contributed by atoms with E-state index in [-0.39, 0.29) is 28.2 Å². The molecule has 36 heavy (non-hydrogen) atoms. The topological polar surface area (TPSA) is 145 Å². The first-order valence-corrected chi connectivity index (χ1v) is 12.8. The number of amides is 3. The molecule has 4 rings (SSSR count). The first kappa shape index (κ1) is 25.4. The molecular weight excluding hydrogens is 478 g/mol. The lowest BCUT2D eigenvalue weighted by Crippen LogP contribution is -2.47. The Labute approximate surface area is 214 Å². The molecule has 0 unspecified atom stereocenters. The van der Waals surface area contributed by atoms with Crippen molar-refractivity contribution in [2.75, 3.05) is 10.6 Å². The van der Waals surface area contributed by atoms with E-state index in [1.165, 1.54) is 4.90 Å². The fourth-order valence-corrected chi connectivity index (χ4v) is 5.24. The van der Waals surface area contributed by atoms with Gasteiger partial charge in [0, 0.05) is 11.7 Å². The van der Waals surface area contributed by atoms with Crippen molar-refractivity contribution in [1.29, 1.82) is 0 Å². The van der Waals surface area contributed by atoms with E-state index < -0.39 is 17.9 Å². The summed E-state index contributed by atoms with van der Waals surface area (Å²) in [5.74, 6) is -0.805. The van der Waals surface area contributed by atoms with Crippen molar-refractivity contribution in [1.82, 2.24) is 9.69 Å². The Morgan fingerprint density at radius 3 is 2.39 bits per heavy atom. The first-order valence-electron chi connectivity index (χ1n) is 12.0. The maximum atomic E-state index is 14.1. The van der Waals surface area contributed by atoms with Crippen LogP contribution in [0.25, 0.3) is 0 Å². The number of anilines is 2. The lowest BCUT2D eigenvalue weighted by molar-refractivity contribution is -0.123. The predicted molar refractivity (Wildman–Crippen MR) is 139 cm³/mol. The third-order valence-corrected chi connectivity index (χ3v) is 7.48. The van der Waals surface area contributed by atoms with Crippen molar-refractivity contribution in [3.8, 4) is 0 Å². The van der Waals surface area contributed by atoms with E-state index >= 15 is 0 Å². The van der Waals surface area contributed by atoms with Crippen LogP contribution >= 0.6 is 11.5 Å². The molecule has 1 aliphatic rings. The number of rotatable bonds is 7. The molecule has 2 heterocycles. The van der Waals surface area contributed by atoms with Crippen molar-refractivity contribution in [3.63, 3.8) is 0 Å². The molecule has 0 bridgehead atoms. The van der Waals surface area contributed by atoms with Crippen molar-refractivity contribution in [3.05, 3.63) is 63.6 Å². The lowest BCUT2D eigenvalue weighted by atomic mass is 9.95. The summed E-state index contributed by atoms with van der Waals surface area (Å²) < 4.78 is 9.89. The summed E-state index contributed by atoms with van der Waals surface area (Å²) >= 11 is 0.779. The van der Waals surface area contributed by atoms with E-state index in [0.717, 1.165) is 54.8 Å². The molecule has 3 amide bonds. The van der Waals surface area contributed by atoms with Crippen LogP contribution in [-0.2, 0) is 4.79 Å². The SMILES string of the molecule is Cc1ccc([C@H](C(=O)NC2CCCCC2)N(C(=O)c2snc(C(N)=O)c2N)c2ccc(C)c(C)c2)o1. The molecule has 3 aromatic rings. The molecule has 0 saturated heterocycles. The summed E-state index contributed by atoms with van der Waals surface area (Å²) in [6, 6.07) is 7.89. The Morgan fingerprint density at radius 2 is 1.81 bits per heavy atom. The normalized spacial score (nSPS) is 14.9. The van der Waals surface area contributed by atoms with Crippen LogP contribution in [0.3, 0.4) is 0 Å². The zero-order chi connectivity index (χ0) is 26.0. The molecule has 2 aromatic heterocycles. The molecular formula is C26H31N5O4S. The van der Waals surface area contributed by atoms with Crippen LogP contribution in [-0.4, -0.2) is 28.1 Å². The quantitative estimate of drug-likeness (QED) is 0.436. The Bertz CT molecular complexity index is 1290. The highest BCUT2D eigenvalue weighted by atomic mass is 32.1. The van der Waals surface area contributed by atoms with E-state index in [4.69, 9.17) is 15.9 Å². The summed E-state index contributed by atoms with van der Waals surface area (Å²) in [7, 11) is 0. The number of carbonyl (C=O) groups excluding carboxylic acids is 3. The number of aryl methyl sites for hydroxylation is 3. The van der Waals surface area contributed by atoms with Gasteiger partial charge in [-0.1, -0.05) is 25.3 Å². The van der Waals surface area contributed by atoms with Crippen LogP contribution in [0.15, 0.2) is 34.7 Å². The maximum Gasteiger partial charge on any atom is 0.273 e. The number of nitrogens with one attached hydrogen (secondary N) is 1. The maximum absolute atomic E-state index is 14.1. The van der Waals surface area contributed by atoms with Crippen LogP contribution in [0.5, 0.6) is 0 Å². The van der Waals surface area contributed by atoms with Crippen LogP contribution in [0.4, 0.5) is 11.4 Å². The standard InChI is InChI=1S/C26H31N5O4S/c1-14-9-11-18(13-15(14)2)31(26(34)23-20(27)21(24(28)32)30-36-23)22(19-12-10-16(3)35-19)25(33)29-17-7-5-4-6-8-17/h9-13,17,22H,4-8,27H2,1-3H3,(H2,28,32)(H,29,33)/t22-/m1/s1. The number of nitrogens with two attached hydrogens (primary N) is 2. The largest absolute Gasteiger partial charge is 0.464 e. The van der Waals surface area contributed by atoms with Crippen molar-refractivity contribution >= 4 is 40.6 Å². The van der Waals surface area contributed by atoms with Crippen molar-refractivity contribution in [2.24, 2.45) is 5.73 Å². The Morgan fingerprint density at radius 1 is 1.08 bits per heavy atom. The molecule has 9 nitrogen and oxygen atoms in total. The minimum Gasteiger partial charge on any atom is -0.464 e. The van der Waals surface area contributed by atoms with Gasteiger partial charge in [0.2, 0.25) is 0 Å². The number of benzene rings is 1. The van der Waals surface area contributed by atoms with E-state index in [1.54, 1.807) is 25.1 Å². The van der Waals surface area contributed by atoms with Gasteiger partial charge in [-0.2, -0.15) is 4.37 Å². The molecule has 1 fully saturated rings. The van der Waals surface area contributed by atoms with E-state index in [2.05, 4.69) is 9.69 Å². The van der Waals surface area contributed by atoms with Crippen LogP contribution < -0.4 is 21.7 Å². The second kappa shape index (κ2) is 10.5. The molecule has 0 aliphatic heterocycles. The van der Waals surface area contributed by atoms with Gasteiger partial charge in [-0.15, -0.1) is 0 Å². The van der Waals surface area contributed by atoms with E-state index in [0.29, 0.717) is 17.2 Å². The van der Waals surface area contributed by atoms with Gasteiger partial charge < -0.3 is 21.2 Å². The molecule has 1 aromatic carbocycles. The highest BCUT2D eigenvalue weighted by molar-refractivity contribution is 7.09. The van der Waals surface area contributed by atoms with Crippen molar-refractivity contribution < 1.29 is 18.8 Å². The van der Waals surface area contributed by atoms with Gasteiger partial charge in [0.1, 0.15) is 16.4 Å². The monoisotopic (exact) mass is 509 g/mol. The highest BCUT2D eigenvalue weighted by Gasteiger charge is 2.38.